The van der Waals surface area contributed by atoms with E-state index in [0.717, 1.165) is 24.8 Å². The van der Waals surface area contributed by atoms with E-state index < -0.39 is 0 Å². The Labute approximate surface area is 159 Å². The van der Waals surface area contributed by atoms with E-state index in [0.29, 0.717) is 12.2 Å². The van der Waals surface area contributed by atoms with Crippen LogP contribution in [0.5, 0.6) is 5.75 Å². The predicted molar refractivity (Wildman–Crippen MR) is 104 cm³/mol. The van der Waals surface area contributed by atoms with Gasteiger partial charge in [-0.3, -0.25) is 20.4 Å². The number of para-hydroxylation sites is 1. The van der Waals surface area contributed by atoms with Crippen LogP contribution in [0.15, 0.2) is 66.7 Å². The molecule has 0 spiro atoms. The summed E-state index contributed by atoms with van der Waals surface area (Å²) in [6, 6.07) is 17.7. The van der Waals surface area contributed by atoms with Gasteiger partial charge in [0.25, 0.3) is 5.91 Å². The number of carbonyl (C=O) groups is 2. The average molecular weight is 364 g/mol. The molecule has 0 radical (unpaired) electrons. The third-order valence-corrected chi connectivity index (χ3v) is 4.53. The molecule has 0 fully saturated rings. The minimum Gasteiger partial charge on any atom is -0.483 e. The topological polar surface area (TPSA) is 67.4 Å². The number of allylic oxidation sites excluding steroid dienone is 2. The van der Waals surface area contributed by atoms with Gasteiger partial charge in [-0.1, -0.05) is 60.7 Å². The molecule has 2 amide bonds. The van der Waals surface area contributed by atoms with Crippen LogP contribution in [-0.4, -0.2) is 18.4 Å². The van der Waals surface area contributed by atoms with Crippen molar-refractivity contribution in [2.45, 2.75) is 25.7 Å². The van der Waals surface area contributed by atoms with Gasteiger partial charge < -0.3 is 4.74 Å². The van der Waals surface area contributed by atoms with Crippen molar-refractivity contribution < 1.29 is 14.3 Å². The van der Waals surface area contributed by atoms with Crippen LogP contribution in [0.4, 0.5) is 0 Å². The minimum atomic E-state index is -0.385. The molecule has 0 heterocycles. The Morgan fingerprint density at radius 3 is 2.52 bits per heavy atom. The number of ether oxygens (including phenoxy) is 1. The van der Waals surface area contributed by atoms with Crippen LogP contribution in [0.25, 0.3) is 0 Å². The first-order valence-electron chi connectivity index (χ1n) is 9.20. The Hall–Kier alpha value is -3.08. The Morgan fingerprint density at radius 1 is 0.963 bits per heavy atom. The molecule has 0 aliphatic heterocycles. The van der Waals surface area contributed by atoms with Crippen LogP contribution in [0.2, 0.25) is 0 Å². The molecule has 0 aromatic heterocycles. The van der Waals surface area contributed by atoms with Gasteiger partial charge >= 0.3 is 0 Å². The van der Waals surface area contributed by atoms with Crippen LogP contribution in [0.1, 0.15) is 30.4 Å². The third-order valence-electron chi connectivity index (χ3n) is 4.53. The number of nitrogens with one attached hydrogen (secondary N) is 2. The highest BCUT2D eigenvalue weighted by molar-refractivity contribution is 5.84. The van der Waals surface area contributed by atoms with Crippen molar-refractivity contribution in [1.29, 1.82) is 0 Å². The molecule has 1 unspecified atom stereocenters. The molecule has 0 saturated heterocycles. The number of hydrogen-bond acceptors (Lipinski definition) is 3. The second-order valence-corrected chi connectivity index (χ2v) is 6.58. The maximum absolute atomic E-state index is 12.0. The zero-order valence-electron chi connectivity index (χ0n) is 15.2. The van der Waals surface area contributed by atoms with Gasteiger partial charge in [0.15, 0.2) is 6.61 Å². The quantitative estimate of drug-likeness (QED) is 0.611. The Morgan fingerprint density at radius 2 is 1.74 bits per heavy atom. The lowest BCUT2D eigenvalue weighted by Gasteiger charge is -2.17. The lowest BCUT2D eigenvalue weighted by Crippen LogP contribution is -2.46. The lowest BCUT2D eigenvalue weighted by molar-refractivity contribution is -0.132. The van der Waals surface area contributed by atoms with Gasteiger partial charge in [0, 0.05) is 12.3 Å². The van der Waals surface area contributed by atoms with E-state index in [-0.39, 0.29) is 24.3 Å². The average Bonchev–Trinajstić information content (AvgIpc) is 2.73. The first-order valence-corrected chi connectivity index (χ1v) is 9.20. The van der Waals surface area contributed by atoms with E-state index in [1.54, 1.807) is 0 Å². The summed E-state index contributed by atoms with van der Waals surface area (Å²) in [6.07, 6.45) is 7.22. The van der Waals surface area contributed by atoms with Crippen LogP contribution in [-0.2, 0) is 16.0 Å². The van der Waals surface area contributed by atoms with Crippen LogP contribution < -0.4 is 15.6 Å². The fraction of sp³-hybridized carbons (Fsp3) is 0.273. The summed E-state index contributed by atoms with van der Waals surface area (Å²) in [5, 5.41) is 0. The molecule has 5 heteroatoms. The summed E-state index contributed by atoms with van der Waals surface area (Å²) in [5.74, 6) is 0.0458. The Balaban J connectivity index is 1.48. The third kappa shape index (κ3) is 5.71. The molecule has 0 bridgehead atoms. The monoisotopic (exact) mass is 364 g/mol. The molecule has 1 aliphatic rings. The fourth-order valence-electron chi connectivity index (χ4n) is 3.05. The molecule has 2 aromatic rings. The van der Waals surface area contributed by atoms with E-state index in [4.69, 9.17) is 4.74 Å². The van der Waals surface area contributed by atoms with Crippen molar-refractivity contribution in [3.05, 3.63) is 77.9 Å². The van der Waals surface area contributed by atoms with Gasteiger partial charge in [-0.05, 0) is 36.5 Å². The number of benzene rings is 2. The molecule has 1 atom stereocenters. The molecule has 5 nitrogen and oxygen atoms in total. The minimum absolute atomic E-state index is 0.0807. The first-order chi connectivity index (χ1) is 13.2. The van der Waals surface area contributed by atoms with E-state index in [1.165, 1.54) is 5.56 Å². The summed E-state index contributed by atoms with van der Waals surface area (Å²) in [6.45, 7) is -0.156. The second-order valence-electron chi connectivity index (χ2n) is 6.58. The largest absolute Gasteiger partial charge is 0.483 e. The Bertz CT molecular complexity index is 802. The number of carbonyl (C=O) groups excluding carboxylic acids is 2. The predicted octanol–water partition coefficient (Wildman–Crippen LogP) is 3.16. The van der Waals surface area contributed by atoms with Crippen molar-refractivity contribution in [1.82, 2.24) is 10.9 Å². The van der Waals surface area contributed by atoms with Crippen molar-refractivity contribution in [2.24, 2.45) is 5.92 Å². The molecule has 1 aliphatic carbocycles. The van der Waals surface area contributed by atoms with E-state index in [2.05, 4.69) is 29.1 Å². The second kappa shape index (κ2) is 9.57. The van der Waals surface area contributed by atoms with Gasteiger partial charge in [0.2, 0.25) is 5.91 Å². The van der Waals surface area contributed by atoms with Gasteiger partial charge in [-0.2, -0.15) is 0 Å². The zero-order valence-corrected chi connectivity index (χ0v) is 15.2. The van der Waals surface area contributed by atoms with Gasteiger partial charge in [0.05, 0.1) is 0 Å². The number of hydrogen-bond donors (Lipinski definition) is 2. The SMILES string of the molecule is O=C(COc1ccccc1Cc1ccccc1)NNC(=O)C1CC=CCC1. The Kier molecular flexibility index (Phi) is 6.63. The normalized spacial score (nSPS) is 15.8. The van der Waals surface area contributed by atoms with E-state index in [9.17, 15) is 9.59 Å². The molecule has 27 heavy (non-hydrogen) atoms. The molecule has 3 rings (SSSR count). The zero-order chi connectivity index (χ0) is 18.9. The highest BCUT2D eigenvalue weighted by Gasteiger charge is 2.19. The van der Waals surface area contributed by atoms with E-state index in [1.807, 2.05) is 48.5 Å². The van der Waals surface area contributed by atoms with Crippen LogP contribution >= 0.6 is 0 Å². The lowest BCUT2D eigenvalue weighted by atomic mass is 9.94. The van der Waals surface area contributed by atoms with Crippen LogP contribution in [0.3, 0.4) is 0 Å². The van der Waals surface area contributed by atoms with Crippen molar-refractivity contribution >= 4 is 11.8 Å². The molecule has 140 valence electrons. The number of hydrazine groups is 1. The van der Waals surface area contributed by atoms with Crippen molar-refractivity contribution in [3.8, 4) is 5.75 Å². The molecular formula is C22H24N2O3. The summed E-state index contributed by atoms with van der Waals surface area (Å²) >= 11 is 0. The number of amides is 2. The molecule has 2 N–H and O–H groups in total. The smallest absolute Gasteiger partial charge is 0.276 e. The summed E-state index contributed by atoms with van der Waals surface area (Å²) in [7, 11) is 0. The standard InChI is InChI=1S/C22H24N2O3/c25-21(23-24-22(26)18-11-5-2-6-12-18)16-27-20-14-8-7-13-19(20)15-17-9-3-1-4-10-17/h1-5,7-10,13-14,18H,6,11-12,15-16H2,(H,23,25)(H,24,26). The summed E-state index contributed by atoms with van der Waals surface area (Å²) in [4.78, 5) is 24.0. The first kappa shape index (κ1) is 18.7. The summed E-state index contributed by atoms with van der Waals surface area (Å²) < 4.78 is 5.67. The maximum atomic E-state index is 12.0. The fourth-order valence-corrected chi connectivity index (χ4v) is 3.05. The van der Waals surface area contributed by atoms with Crippen molar-refractivity contribution in [2.75, 3.05) is 6.61 Å². The van der Waals surface area contributed by atoms with Gasteiger partial charge in [-0.15, -0.1) is 0 Å². The van der Waals surface area contributed by atoms with Crippen molar-refractivity contribution in [3.63, 3.8) is 0 Å². The maximum Gasteiger partial charge on any atom is 0.276 e. The van der Waals surface area contributed by atoms with Gasteiger partial charge in [0.1, 0.15) is 5.75 Å². The van der Waals surface area contributed by atoms with Crippen LogP contribution in [0, 0.1) is 5.92 Å². The number of rotatable bonds is 6. The van der Waals surface area contributed by atoms with E-state index >= 15 is 0 Å². The highest BCUT2D eigenvalue weighted by atomic mass is 16.5. The molecule has 0 saturated carbocycles. The van der Waals surface area contributed by atoms with Gasteiger partial charge in [-0.25, -0.2) is 0 Å². The molecule has 2 aromatic carbocycles. The summed E-state index contributed by atoms with van der Waals surface area (Å²) in [5.41, 5.74) is 7.10. The molecular weight excluding hydrogens is 340 g/mol. The highest BCUT2D eigenvalue weighted by Crippen LogP contribution is 2.21.